The Kier molecular flexibility index (Phi) is 5.50. The van der Waals surface area contributed by atoms with Crippen LogP contribution < -0.4 is 5.32 Å². The van der Waals surface area contributed by atoms with Gasteiger partial charge < -0.3 is 5.32 Å². The lowest BCUT2D eigenvalue weighted by atomic mass is 10.1. The summed E-state index contributed by atoms with van der Waals surface area (Å²) in [5.74, 6) is -0.441. The van der Waals surface area contributed by atoms with Crippen molar-refractivity contribution in [1.29, 1.82) is 0 Å². The Morgan fingerprint density at radius 1 is 1.24 bits per heavy atom. The van der Waals surface area contributed by atoms with E-state index in [2.05, 4.69) is 15.3 Å². The van der Waals surface area contributed by atoms with E-state index in [1.54, 1.807) is 18.3 Å². The normalized spacial score (nSPS) is 11.9. The minimum atomic E-state index is -0.308. The maximum absolute atomic E-state index is 13.3. The number of amides is 1. The third kappa shape index (κ3) is 4.93. The molecular weight excluding hydrogens is 337 g/mol. The summed E-state index contributed by atoms with van der Waals surface area (Å²) in [6.07, 6.45) is 2.62. The fourth-order valence-electron chi connectivity index (χ4n) is 2.49. The molecule has 128 valence electrons. The Balaban J connectivity index is 1.56. The average Bonchev–Trinajstić information content (AvgIpc) is 3.02. The average molecular weight is 355 g/mol. The number of nitrogens with one attached hydrogen (secondary N) is 1. The summed E-state index contributed by atoms with van der Waals surface area (Å²) < 4.78 is 13.3. The van der Waals surface area contributed by atoms with Crippen LogP contribution in [0, 0.1) is 5.82 Å². The molecule has 1 atom stereocenters. The number of pyridine rings is 1. The molecule has 3 rings (SSSR count). The number of thiazole rings is 1. The molecule has 0 aliphatic heterocycles. The second-order valence-corrected chi connectivity index (χ2v) is 6.69. The number of hydrogen-bond acceptors (Lipinski definition) is 4. The summed E-state index contributed by atoms with van der Waals surface area (Å²) in [7, 11) is 0. The summed E-state index contributed by atoms with van der Waals surface area (Å²) in [5, 5.41) is 5.70. The molecule has 0 aliphatic carbocycles. The Hall–Kier alpha value is -2.60. The maximum Gasteiger partial charge on any atom is 0.226 e. The van der Waals surface area contributed by atoms with Crippen LogP contribution in [0.1, 0.15) is 34.9 Å². The molecule has 0 radical (unpaired) electrons. The highest BCUT2D eigenvalue weighted by Crippen LogP contribution is 2.16. The number of hydrogen-bond donors (Lipinski definition) is 1. The Morgan fingerprint density at radius 3 is 2.88 bits per heavy atom. The molecule has 2 heterocycles. The molecular formula is C19H18FN3OS. The van der Waals surface area contributed by atoms with Crippen LogP contribution in [0.3, 0.4) is 0 Å². The first-order valence-corrected chi connectivity index (χ1v) is 8.86. The van der Waals surface area contributed by atoms with Crippen molar-refractivity contribution < 1.29 is 9.18 Å². The van der Waals surface area contributed by atoms with Gasteiger partial charge in [0, 0.05) is 23.7 Å². The molecule has 25 heavy (non-hydrogen) atoms. The van der Waals surface area contributed by atoms with Crippen LogP contribution in [0.15, 0.2) is 54.0 Å². The van der Waals surface area contributed by atoms with Crippen molar-refractivity contribution >= 4 is 17.2 Å². The quantitative estimate of drug-likeness (QED) is 0.734. The lowest BCUT2D eigenvalue weighted by Crippen LogP contribution is -2.28. The zero-order chi connectivity index (χ0) is 17.6. The smallest absolute Gasteiger partial charge is 0.226 e. The van der Waals surface area contributed by atoms with Gasteiger partial charge in [-0.1, -0.05) is 18.2 Å². The number of benzene rings is 1. The van der Waals surface area contributed by atoms with Gasteiger partial charge in [0.2, 0.25) is 5.91 Å². The first kappa shape index (κ1) is 17.2. The molecule has 1 amide bonds. The number of carbonyl (C=O) groups excluding carboxylic acids is 1. The minimum absolute atomic E-state index is 0.133. The Morgan fingerprint density at radius 2 is 2.12 bits per heavy atom. The van der Waals surface area contributed by atoms with Gasteiger partial charge in [-0.15, -0.1) is 11.3 Å². The van der Waals surface area contributed by atoms with Crippen LogP contribution in [0.5, 0.6) is 0 Å². The predicted octanol–water partition coefficient (Wildman–Crippen LogP) is 3.69. The monoisotopic (exact) mass is 355 g/mol. The van der Waals surface area contributed by atoms with E-state index >= 15 is 0 Å². The van der Waals surface area contributed by atoms with Gasteiger partial charge in [0.1, 0.15) is 5.82 Å². The van der Waals surface area contributed by atoms with Crippen LogP contribution in [0.4, 0.5) is 4.39 Å². The van der Waals surface area contributed by atoms with E-state index in [0.29, 0.717) is 6.42 Å². The molecule has 0 saturated carbocycles. The van der Waals surface area contributed by atoms with Gasteiger partial charge in [0.05, 0.1) is 23.2 Å². The summed E-state index contributed by atoms with van der Waals surface area (Å²) in [5.41, 5.74) is 2.43. The number of aromatic nitrogens is 2. The highest BCUT2D eigenvalue weighted by molar-refractivity contribution is 7.09. The first-order valence-electron chi connectivity index (χ1n) is 7.98. The third-order valence-electron chi connectivity index (χ3n) is 3.73. The molecule has 6 heteroatoms. The van der Waals surface area contributed by atoms with E-state index in [4.69, 9.17) is 0 Å². The van der Waals surface area contributed by atoms with Gasteiger partial charge in [-0.25, -0.2) is 9.37 Å². The molecule has 0 fully saturated rings. The van der Waals surface area contributed by atoms with Crippen molar-refractivity contribution in [3.8, 4) is 0 Å². The van der Waals surface area contributed by atoms with Crippen LogP contribution in [0.25, 0.3) is 0 Å². The standard InChI is InChI=1S/C19H18FN3OS/c1-13(14-5-4-6-15(20)9-14)22-18(24)10-17-12-25-19(23-17)11-16-7-2-3-8-21-16/h2-9,12-13H,10-11H2,1H3,(H,22,24)/t13-/m1/s1. The fraction of sp³-hybridized carbons (Fsp3) is 0.211. The second-order valence-electron chi connectivity index (χ2n) is 5.75. The van der Waals surface area contributed by atoms with Crippen molar-refractivity contribution in [3.05, 3.63) is 81.8 Å². The van der Waals surface area contributed by atoms with E-state index in [1.807, 2.05) is 30.5 Å². The molecule has 0 bridgehead atoms. The fourth-order valence-corrected chi connectivity index (χ4v) is 3.29. The van der Waals surface area contributed by atoms with E-state index in [-0.39, 0.29) is 24.2 Å². The van der Waals surface area contributed by atoms with E-state index in [0.717, 1.165) is 22.0 Å². The van der Waals surface area contributed by atoms with Gasteiger partial charge in [0.15, 0.2) is 0 Å². The van der Waals surface area contributed by atoms with Gasteiger partial charge >= 0.3 is 0 Å². The van der Waals surface area contributed by atoms with E-state index in [1.165, 1.54) is 23.5 Å². The largest absolute Gasteiger partial charge is 0.349 e. The summed E-state index contributed by atoms with van der Waals surface area (Å²) in [6, 6.07) is 11.8. The van der Waals surface area contributed by atoms with E-state index < -0.39 is 0 Å². The molecule has 1 aromatic carbocycles. The lowest BCUT2D eigenvalue weighted by molar-refractivity contribution is -0.121. The molecule has 4 nitrogen and oxygen atoms in total. The van der Waals surface area contributed by atoms with Gasteiger partial charge in [-0.2, -0.15) is 0 Å². The van der Waals surface area contributed by atoms with Crippen molar-refractivity contribution in [1.82, 2.24) is 15.3 Å². The van der Waals surface area contributed by atoms with Crippen molar-refractivity contribution in [3.63, 3.8) is 0 Å². The molecule has 0 unspecified atom stereocenters. The van der Waals surface area contributed by atoms with Gasteiger partial charge in [-0.05, 0) is 36.8 Å². The SMILES string of the molecule is C[C@@H](NC(=O)Cc1csc(Cc2ccccn2)n1)c1cccc(F)c1. The zero-order valence-corrected chi connectivity index (χ0v) is 14.6. The van der Waals surface area contributed by atoms with Gasteiger partial charge in [0.25, 0.3) is 0 Å². The number of rotatable bonds is 6. The van der Waals surface area contributed by atoms with Crippen molar-refractivity contribution in [2.24, 2.45) is 0 Å². The zero-order valence-electron chi connectivity index (χ0n) is 13.8. The Labute approximate surface area is 149 Å². The third-order valence-corrected chi connectivity index (χ3v) is 4.62. The second kappa shape index (κ2) is 7.98. The minimum Gasteiger partial charge on any atom is -0.349 e. The van der Waals surface area contributed by atoms with Crippen LogP contribution >= 0.6 is 11.3 Å². The summed E-state index contributed by atoms with van der Waals surface area (Å²) in [4.78, 5) is 21.0. The van der Waals surface area contributed by atoms with Crippen LogP contribution in [-0.4, -0.2) is 15.9 Å². The van der Waals surface area contributed by atoms with Crippen LogP contribution in [0.2, 0.25) is 0 Å². The molecule has 0 spiro atoms. The number of nitrogens with zero attached hydrogens (tertiary/aromatic N) is 2. The first-order chi connectivity index (χ1) is 12.1. The maximum atomic E-state index is 13.3. The summed E-state index contributed by atoms with van der Waals surface area (Å²) >= 11 is 1.52. The van der Waals surface area contributed by atoms with E-state index in [9.17, 15) is 9.18 Å². The molecule has 1 N–H and O–H groups in total. The van der Waals surface area contributed by atoms with Crippen molar-refractivity contribution in [2.45, 2.75) is 25.8 Å². The number of halogens is 1. The highest BCUT2D eigenvalue weighted by Gasteiger charge is 2.13. The molecule has 3 aromatic rings. The predicted molar refractivity (Wildman–Crippen MR) is 95.8 cm³/mol. The highest BCUT2D eigenvalue weighted by atomic mass is 32.1. The molecule has 2 aromatic heterocycles. The molecule has 0 saturated heterocycles. The topological polar surface area (TPSA) is 54.9 Å². The Bertz CT molecular complexity index is 851. The number of carbonyl (C=O) groups is 1. The van der Waals surface area contributed by atoms with Crippen molar-refractivity contribution in [2.75, 3.05) is 0 Å². The summed E-state index contributed by atoms with van der Waals surface area (Å²) in [6.45, 7) is 1.83. The van der Waals surface area contributed by atoms with Crippen LogP contribution in [-0.2, 0) is 17.6 Å². The van der Waals surface area contributed by atoms with Gasteiger partial charge in [-0.3, -0.25) is 9.78 Å². The molecule has 0 aliphatic rings. The lowest BCUT2D eigenvalue weighted by Gasteiger charge is -2.14.